The number of fused-ring (bicyclic) bond motifs is 5. The lowest BCUT2D eigenvalue weighted by atomic mass is 9.99. The van der Waals surface area contributed by atoms with Gasteiger partial charge in [-0.15, -0.1) is 10.2 Å². The number of benzene rings is 1. The number of piperazine rings is 1. The summed E-state index contributed by atoms with van der Waals surface area (Å²) in [5.41, 5.74) is 1.97. The van der Waals surface area contributed by atoms with Crippen LogP contribution in [-0.4, -0.2) is 70.1 Å². The van der Waals surface area contributed by atoms with Crippen LogP contribution in [0.2, 0.25) is 0 Å². The summed E-state index contributed by atoms with van der Waals surface area (Å²) in [6, 6.07) is 7.88. The maximum atomic E-state index is 15.4. The van der Waals surface area contributed by atoms with Gasteiger partial charge in [0.05, 0.1) is 12.2 Å². The molecular weight excluding hydrogens is 475 g/mol. The van der Waals surface area contributed by atoms with Gasteiger partial charge in [-0.1, -0.05) is 18.2 Å². The highest BCUT2D eigenvalue weighted by atomic mass is 19.1. The molecule has 37 heavy (non-hydrogen) atoms. The minimum atomic E-state index is -0.570. The van der Waals surface area contributed by atoms with Crippen molar-refractivity contribution in [2.75, 3.05) is 38.6 Å². The number of anilines is 1. The fraction of sp³-hybridized carbons (Fsp3) is 0.269. The van der Waals surface area contributed by atoms with Gasteiger partial charge in [-0.25, -0.2) is 9.37 Å². The summed E-state index contributed by atoms with van der Waals surface area (Å²) >= 11 is 0. The quantitative estimate of drug-likeness (QED) is 0.364. The average molecular weight is 503 g/mol. The number of hydrogen-bond donors (Lipinski definition) is 3. The molecular formula is C26H27FN8O2. The largest absolute Gasteiger partial charge is 0.492 e. The van der Waals surface area contributed by atoms with Gasteiger partial charge in [-0.05, 0) is 31.7 Å². The molecule has 5 rings (SSSR count). The zero-order valence-electron chi connectivity index (χ0n) is 20.4. The van der Waals surface area contributed by atoms with E-state index >= 15 is 4.39 Å². The fourth-order valence-corrected chi connectivity index (χ4v) is 4.31. The summed E-state index contributed by atoms with van der Waals surface area (Å²) in [6.07, 6.45) is 7.20. The van der Waals surface area contributed by atoms with E-state index in [9.17, 15) is 4.79 Å². The van der Waals surface area contributed by atoms with Gasteiger partial charge in [-0.2, -0.15) is 0 Å². The molecule has 0 aliphatic carbocycles. The summed E-state index contributed by atoms with van der Waals surface area (Å²) < 4.78 is 23.1. The van der Waals surface area contributed by atoms with Crippen LogP contribution in [0.15, 0.2) is 54.5 Å². The third-order valence-corrected chi connectivity index (χ3v) is 6.18. The number of carbonyl (C=O) groups is 1. The van der Waals surface area contributed by atoms with Crippen LogP contribution >= 0.6 is 0 Å². The Morgan fingerprint density at radius 2 is 2.16 bits per heavy atom. The second kappa shape index (κ2) is 10.7. The minimum absolute atomic E-state index is 0.123. The first-order chi connectivity index (χ1) is 18.0. The molecule has 10 nitrogen and oxygen atoms in total. The van der Waals surface area contributed by atoms with Gasteiger partial charge in [0.25, 0.3) is 5.91 Å². The number of ether oxygens (including phenoxy) is 1. The number of aromatic nitrogens is 4. The lowest BCUT2D eigenvalue weighted by molar-refractivity contribution is 0.102. The molecule has 0 atom stereocenters. The van der Waals surface area contributed by atoms with Crippen LogP contribution in [0.3, 0.4) is 0 Å². The maximum absolute atomic E-state index is 15.4. The average Bonchev–Trinajstić information content (AvgIpc) is 3.36. The minimum Gasteiger partial charge on any atom is -0.492 e. The van der Waals surface area contributed by atoms with Crippen molar-refractivity contribution in [3.05, 3.63) is 71.5 Å². The molecule has 1 saturated heterocycles. The Morgan fingerprint density at radius 3 is 3.00 bits per heavy atom. The van der Waals surface area contributed by atoms with Crippen molar-refractivity contribution in [1.29, 1.82) is 5.41 Å². The van der Waals surface area contributed by atoms with Crippen LogP contribution in [-0.2, 0) is 6.54 Å². The first kappa shape index (κ1) is 24.3. The fourth-order valence-electron chi connectivity index (χ4n) is 4.31. The van der Waals surface area contributed by atoms with Gasteiger partial charge in [0, 0.05) is 55.3 Å². The Bertz CT molecular complexity index is 1400. The Balaban J connectivity index is 1.57. The van der Waals surface area contributed by atoms with E-state index in [4.69, 9.17) is 10.1 Å². The lowest BCUT2D eigenvalue weighted by Crippen LogP contribution is -2.40. The highest BCUT2D eigenvalue weighted by Gasteiger charge is 2.23. The highest BCUT2D eigenvalue weighted by Crippen LogP contribution is 2.30. The number of allylic oxidation sites excluding steroid dienone is 2. The molecule has 3 aromatic rings. The van der Waals surface area contributed by atoms with Crippen LogP contribution < -0.4 is 15.4 Å². The Morgan fingerprint density at radius 1 is 1.27 bits per heavy atom. The van der Waals surface area contributed by atoms with Gasteiger partial charge in [-0.3, -0.25) is 9.69 Å². The number of pyridine rings is 1. The highest BCUT2D eigenvalue weighted by molar-refractivity contribution is 6.12. The summed E-state index contributed by atoms with van der Waals surface area (Å²) in [6.45, 7) is 2.86. The molecule has 190 valence electrons. The van der Waals surface area contributed by atoms with Crippen molar-refractivity contribution >= 4 is 23.5 Å². The number of hydrogen-bond acceptors (Lipinski definition) is 8. The third-order valence-electron chi connectivity index (χ3n) is 6.18. The van der Waals surface area contributed by atoms with Crippen LogP contribution in [0.1, 0.15) is 22.3 Å². The topological polar surface area (TPSA) is 121 Å². The normalized spacial score (nSPS) is 18.6. The summed E-state index contributed by atoms with van der Waals surface area (Å²) in [5.74, 6) is -0.0717. The Kier molecular flexibility index (Phi) is 7.04. The molecule has 2 aliphatic rings. The SMILES string of the molecule is CN1CCN/C(=C(\C=N)c2cc3c(cc2F)OCC/C=C\Cn2cnnc2-c2cccc(n2)NC3=O)C1. The monoisotopic (exact) mass is 502 g/mol. The number of amides is 1. The van der Waals surface area contributed by atoms with Crippen molar-refractivity contribution in [3.8, 4) is 17.3 Å². The molecule has 2 aliphatic heterocycles. The first-order valence-electron chi connectivity index (χ1n) is 12.0. The van der Waals surface area contributed by atoms with Crippen LogP contribution in [0.5, 0.6) is 5.75 Å². The van der Waals surface area contributed by atoms with E-state index in [2.05, 4.69) is 30.7 Å². The zero-order valence-corrected chi connectivity index (χ0v) is 20.4. The van der Waals surface area contributed by atoms with Crippen molar-refractivity contribution in [3.63, 3.8) is 0 Å². The van der Waals surface area contributed by atoms with Crippen LogP contribution in [0, 0.1) is 11.2 Å². The van der Waals surface area contributed by atoms with Crippen molar-refractivity contribution < 1.29 is 13.9 Å². The number of nitrogens with zero attached hydrogens (tertiary/aromatic N) is 5. The molecule has 0 unspecified atom stereocenters. The molecule has 2 bridgehead atoms. The predicted molar refractivity (Wildman–Crippen MR) is 138 cm³/mol. The van der Waals surface area contributed by atoms with Gasteiger partial charge >= 0.3 is 0 Å². The molecule has 3 N–H and O–H groups in total. The number of halogens is 1. The molecule has 0 radical (unpaired) electrons. The van der Waals surface area contributed by atoms with Crippen molar-refractivity contribution in [2.24, 2.45) is 0 Å². The molecule has 1 aromatic carbocycles. The Hall–Kier alpha value is -4.38. The maximum Gasteiger partial charge on any atom is 0.260 e. The van der Waals surface area contributed by atoms with Crippen LogP contribution in [0.4, 0.5) is 10.2 Å². The molecule has 4 heterocycles. The van der Waals surface area contributed by atoms with E-state index in [1.54, 1.807) is 24.5 Å². The number of nitrogens with one attached hydrogen (secondary N) is 3. The van der Waals surface area contributed by atoms with E-state index in [1.807, 2.05) is 23.8 Å². The second-order valence-electron chi connectivity index (χ2n) is 8.81. The predicted octanol–water partition coefficient (Wildman–Crippen LogP) is 2.97. The lowest BCUT2D eigenvalue weighted by Gasteiger charge is -2.28. The van der Waals surface area contributed by atoms with E-state index in [1.165, 1.54) is 12.1 Å². The number of likely N-dealkylation sites (N-methyl/N-ethyl adjacent to an activating group) is 1. The van der Waals surface area contributed by atoms with Gasteiger partial charge in [0.2, 0.25) is 0 Å². The van der Waals surface area contributed by atoms with Crippen molar-refractivity contribution in [2.45, 2.75) is 13.0 Å². The van der Waals surface area contributed by atoms with E-state index < -0.39 is 11.7 Å². The van der Waals surface area contributed by atoms with E-state index in [-0.39, 0.29) is 23.5 Å². The standard InChI is InChI=1S/C26H27FN8O2/c1-34-10-8-29-22(15-34)19(14-28)17-12-18-23(13-20(17)27)37-11-4-2-3-9-35-16-30-33-25(35)21-6-5-7-24(31-21)32-26(18)36/h2-3,5-7,12-14,16,28-29H,4,8-11,15H2,1H3,(H,31,32,36)/b3-2-,22-19+,28-14?. The van der Waals surface area contributed by atoms with Crippen LogP contribution in [0.25, 0.3) is 17.1 Å². The van der Waals surface area contributed by atoms with Crippen molar-refractivity contribution in [1.82, 2.24) is 30.0 Å². The van der Waals surface area contributed by atoms with Gasteiger partial charge in [0.1, 0.15) is 29.4 Å². The summed E-state index contributed by atoms with van der Waals surface area (Å²) in [7, 11) is 1.96. The van der Waals surface area contributed by atoms with Gasteiger partial charge in [0.15, 0.2) is 5.82 Å². The Labute approximate surface area is 213 Å². The number of rotatable bonds is 2. The smallest absolute Gasteiger partial charge is 0.260 e. The molecule has 0 spiro atoms. The molecule has 2 aromatic heterocycles. The molecule has 11 heteroatoms. The van der Waals surface area contributed by atoms with E-state index in [0.29, 0.717) is 49.0 Å². The van der Waals surface area contributed by atoms with E-state index in [0.717, 1.165) is 18.5 Å². The summed E-state index contributed by atoms with van der Waals surface area (Å²) in [5, 5.41) is 22.2. The first-order valence-corrected chi connectivity index (χ1v) is 12.0. The zero-order chi connectivity index (χ0) is 25.8. The van der Waals surface area contributed by atoms with Gasteiger partial charge < -0.3 is 25.3 Å². The summed E-state index contributed by atoms with van der Waals surface area (Å²) in [4.78, 5) is 20.1. The molecule has 0 saturated carbocycles. The molecule has 1 fully saturated rings. The third kappa shape index (κ3) is 5.26. The molecule has 1 amide bonds. The second-order valence-corrected chi connectivity index (χ2v) is 8.81. The number of carbonyl (C=O) groups excluding carboxylic acids is 1.